The molecule has 3 heteroatoms. The third kappa shape index (κ3) is 0.573. The topological polar surface area (TPSA) is 41.5 Å². The number of amides is 1. The van der Waals surface area contributed by atoms with Crippen molar-refractivity contribution >= 4 is 11.6 Å². The van der Waals surface area contributed by atoms with Crippen molar-refractivity contribution in [3.05, 3.63) is 0 Å². The Hall–Kier alpha value is -0.860. The van der Waals surface area contributed by atoms with Crippen LogP contribution in [0.15, 0.2) is 5.10 Å². The van der Waals surface area contributed by atoms with Gasteiger partial charge in [-0.3, -0.25) is 4.79 Å². The SMILES string of the molecule is O=C1NN=C2CCC[C@@H]12. The van der Waals surface area contributed by atoms with Crippen LogP contribution in [-0.2, 0) is 4.79 Å². The highest BCUT2D eigenvalue weighted by atomic mass is 16.2. The van der Waals surface area contributed by atoms with Crippen LogP contribution in [0.2, 0.25) is 0 Å². The van der Waals surface area contributed by atoms with E-state index in [1.54, 1.807) is 0 Å². The molecule has 0 unspecified atom stereocenters. The van der Waals surface area contributed by atoms with E-state index >= 15 is 0 Å². The molecule has 1 heterocycles. The molecule has 1 N–H and O–H groups in total. The first-order valence-corrected chi connectivity index (χ1v) is 3.24. The van der Waals surface area contributed by atoms with E-state index in [4.69, 9.17) is 0 Å². The minimum atomic E-state index is 0.0995. The molecule has 0 aromatic heterocycles. The first-order valence-electron chi connectivity index (χ1n) is 3.24. The van der Waals surface area contributed by atoms with Gasteiger partial charge in [0.15, 0.2) is 0 Å². The van der Waals surface area contributed by atoms with Crippen LogP contribution in [-0.4, -0.2) is 11.6 Å². The standard InChI is InChI=1S/C6H8N2O/c9-6-4-2-1-3-5(4)7-8-6/h4H,1-3H2,(H,8,9)/t4-/m1/s1. The first kappa shape index (κ1) is 4.97. The Morgan fingerprint density at radius 2 is 2.56 bits per heavy atom. The lowest BCUT2D eigenvalue weighted by molar-refractivity contribution is -0.122. The van der Waals surface area contributed by atoms with Crippen LogP contribution in [0.1, 0.15) is 19.3 Å². The zero-order valence-corrected chi connectivity index (χ0v) is 5.05. The maximum absolute atomic E-state index is 10.8. The fourth-order valence-electron chi connectivity index (χ4n) is 1.45. The fraction of sp³-hybridized carbons (Fsp3) is 0.667. The Labute approximate surface area is 53.1 Å². The van der Waals surface area contributed by atoms with Gasteiger partial charge in [0.1, 0.15) is 0 Å². The van der Waals surface area contributed by atoms with Gasteiger partial charge in [-0.25, -0.2) is 5.43 Å². The molecule has 0 radical (unpaired) electrons. The second-order valence-corrected chi connectivity index (χ2v) is 2.52. The van der Waals surface area contributed by atoms with E-state index in [0.717, 1.165) is 25.0 Å². The Morgan fingerprint density at radius 1 is 1.67 bits per heavy atom. The van der Waals surface area contributed by atoms with E-state index in [2.05, 4.69) is 10.5 Å². The minimum absolute atomic E-state index is 0.0995. The molecule has 9 heavy (non-hydrogen) atoms. The Balaban J connectivity index is 2.28. The molecule has 1 aliphatic carbocycles. The summed E-state index contributed by atoms with van der Waals surface area (Å²) < 4.78 is 0. The number of carbonyl (C=O) groups excluding carboxylic acids is 1. The maximum Gasteiger partial charge on any atom is 0.248 e. The van der Waals surface area contributed by atoms with Crippen molar-refractivity contribution in [1.29, 1.82) is 0 Å². The van der Waals surface area contributed by atoms with Crippen molar-refractivity contribution in [1.82, 2.24) is 5.43 Å². The van der Waals surface area contributed by atoms with Crippen molar-refractivity contribution < 1.29 is 4.79 Å². The molecule has 1 fully saturated rings. The van der Waals surface area contributed by atoms with Crippen LogP contribution < -0.4 is 5.43 Å². The highest BCUT2D eigenvalue weighted by Gasteiger charge is 2.33. The molecule has 0 aromatic carbocycles. The summed E-state index contributed by atoms with van der Waals surface area (Å²) in [6, 6.07) is 0. The molecular weight excluding hydrogens is 116 g/mol. The van der Waals surface area contributed by atoms with E-state index in [1.165, 1.54) is 0 Å². The van der Waals surface area contributed by atoms with Crippen molar-refractivity contribution in [2.75, 3.05) is 0 Å². The molecule has 1 amide bonds. The second kappa shape index (κ2) is 1.56. The zero-order valence-electron chi connectivity index (χ0n) is 5.05. The number of hydrazone groups is 1. The first-order chi connectivity index (χ1) is 4.38. The van der Waals surface area contributed by atoms with Crippen LogP contribution in [0, 0.1) is 5.92 Å². The van der Waals surface area contributed by atoms with Crippen molar-refractivity contribution in [3.8, 4) is 0 Å². The highest BCUT2D eigenvalue weighted by molar-refractivity contribution is 6.09. The van der Waals surface area contributed by atoms with Gasteiger partial charge < -0.3 is 0 Å². The van der Waals surface area contributed by atoms with Crippen molar-refractivity contribution in [3.63, 3.8) is 0 Å². The van der Waals surface area contributed by atoms with Gasteiger partial charge in [0.05, 0.1) is 11.6 Å². The van der Waals surface area contributed by atoms with E-state index < -0.39 is 0 Å². The van der Waals surface area contributed by atoms with E-state index in [0.29, 0.717) is 0 Å². The van der Waals surface area contributed by atoms with Crippen molar-refractivity contribution in [2.24, 2.45) is 11.0 Å². The third-order valence-corrected chi connectivity index (χ3v) is 1.95. The summed E-state index contributed by atoms with van der Waals surface area (Å²) in [6.07, 6.45) is 3.16. The van der Waals surface area contributed by atoms with Gasteiger partial charge in [0, 0.05) is 0 Å². The Bertz CT molecular complexity index is 185. The van der Waals surface area contributed by atoms with Gasteiger partial charge in [-0.05, 0) is 19.3 Å². The molecule has 0 bridgehead atoms. The van der Waals surface area contributed by atoms with Crippen LogP contribution >= 0.6 is 0 Å². The average molecular weight is 124 g/mol. The van der Waals surface area contributed by atoms with Gasteiger partial charge in [0.2, 0.25) is 5.91 Å². The summed E-state index contributed by atoms with van der Waals surface area (Å²) in [7, 11) is 0. The molecule has 2 aliphatic rings. The smallest absolute Gasteiger partial charge is 0.248 e. The Kier molecular flexibility index (Phi) is 0.860. The maximum atomic E-state index is 10.8. The molecule has 2 rings (SSSR count). The predicted octanol–water partition coefficient (Wildman–Crippen LogP) is 0.272. The highest BCUT2D eigenvalue weighted by Crippen LogP contribution is 2.25. The Morgan fingerprint density at radius 3 is 3.33 bits per heavy atom. The number of hydrogen-bond acceptors (Lipinski definition) is 2. The lowest BCUT2D eigenvalue weighted by Gasteiger charge is -1.94. The lowest BCUT2D eigenvalue weighted by atomic mass is 10.1. The summed E-state index contributed by atoms with van der Waals surface area (Å²) in [5, 5.41) is 3.90. The molecule has 0 spiro atoms. The fourth-order valence-corrected chi connectivity index (χ4v) is 1.45. The summed E-state index contributed by atoms with van der Waals surface area (Å²) in [5.41, 5.74) is 3.54. The monoisotopic (exact) mass is 124 g/mol. The number of carbonyl (C=O) groups is 1. The second-order valence-electron chi connectivity index (χ2n) is 2.52. The molecule has 1 atom stereocenters. The third-order valence-electron chi connectivity index (χ3n) is 1.95. The zero-order chi connectivity index (χ0) is 6.27. The molecule has 1 saturated carbocycles. The summed E-state index contributed by atoms with van der Waals surface area (Å²) in [6.45, 7) is 0. The van der Waals surface area contributed by atoms with Gasteiger partial charge in [0.25, 0.3) is 0 Å². The van der Waals surface area contributed by atoms with Crippen molar-refractivity contribution in [2.45, 2.75) is 19.3 Å². The van der Waals surface area contributed by atoms with Crippen LogP contribution in [0.25, 0.3) is 0 Å². The van der Waals surface area contributed by atoms with Gasteiger partial charge in [-0.2, -0.15) is 5.10 Å². The van der Waals surface area contributed by atoms with Crippen LogP contribution in [0.5, 0.6) is 0 Å². The molecule has 0 aromatic rings. The quantitative estimate of drug-likeness (QED) is 0.495. The van der Waals surface area contributed by atoms with Gasteiger partial charge in [-0.1, -0.05) is 0 Å². The number of nitrogens with one attached hydrogen (secondary N) is 1. The molecular formula is C6H8N2O. The molecule has 0 saturated heterocycles. The average Bonchev–Trinajstić information content (AvgIpc) is 2.35. The van der Waals surface area contributed by atoms with E-state index in [1.807, 2.05) is 0 Å². The molecule has 1 aliphatic heterocycles. The van der Waals surface area contributed by atoms with Crippen LogP contribution in [0.3, 0.4) is 0 Å². The van der Waals surface area contributed by atoms with E-state index in [9.17, 15) is 4.79 Å². The number of rotatable bonds is 0. The number of nitrogens with zero attached hydrogens (tertiary/aromatic N) is 1. The summed E-state index contributed by atoms with van der Waals surface area (Å²) >= 11 is 0. The molecule has 3 nitrogen and oxygen atoms in total. The largest absolute Gasteiger partial charge is 0.272 e. The lowest BCUT2D eigenvalue weighted by Crippen LogP contribution is -2.19. The predicted molar refractivity (Wildman–Crippen MR) is 32.9 cm³/mol. The normalized spacial score (nSPS) is 31.8. The number of fused-ring (bicyclic) bond motifs is 1. The summed E-state index contributed by atoms with van der Waals surface area (Å²) in [4.78, 5) is 10.8. The minimum Gasteiger partial charge on any atom is -0.272 e. The van der Waals surface area contributed by atoms with Gasteiger partial charge in [-0.15, -0.1) is 0 Å². The number of hydrogen-bond donors (Lipinski definition) is 1. The van der Waals surface area contributed by atoms with Crippen LogP contribution in [0.4, 0.5) is 0 Å². The summed E-state index contributed by atoms with van der Waals surface area (Å²) in [5.74, 6) is 0.243. The van der Waals surface area contributed by atoms with E-state index in [-0.39, 0.29) is 11.8 Å². The van der Waals surface area contributed by atoms with Gasteiger partial charge >= 0.3 is 0 Å². The molecule has 48 valence electrons.